The third kappa shape index (κ3) is 4.37. The van der Waals surface area contributed by atoms with Crippen molar-refractivity contribution in [2.75, 3.05) is 11.9 Å². The van der Waals surface area contributed by atoms with Crippen LogP contribution in [0.25, 0.3) is 0 Å². The highest BCUT2D eigenvalue weighted by Crippen LogP contribution is 2.16. The van der Waals surface area contributed by atoms with Gasteiger partial charge in [0.05, 0.1) is 0 Å². The lowest BCUT2D eigenvalue weighted by molar-refractivity contribution is 0.567. The van der Waals surface area contributed by atoms with Crippen LogP contribution in [0.5, 0.6) is 0 Å². The molecule has 0 aliphatic heterocycles. The second-order valence-electron chi connectivity index (χ2n) is 4.78. The van der Waals surface area contributed by atoms with E-state index >= 15 is 0 Å². The summed E-state index contributed by atoms with van der Waals surface area (Å²) in [6.45, 7) is 9.93. The average molecular weight is 205 g/mol. The smallest absolute Gasteiger partial charge is 0.0370 e. The van der Waals surface area contributed by atoms with Crippen molar-refractivity contribution < 1.29 is 0 Å². The molecule has 0 amide bonds. The molecule has 0 aromatic heterocycles. The van der Waals surface area contributed by atoms with Crippen molar-refractivity contribution in [2.24, 2.45) is 5.92 Å². The molecule has 1 aromatic carbocycles. The van der Waals surface area contributed by atoms with Gasteiger partial charge in [0.15, 0.2) is 0 Å². The van der Waals surface area contributed by atoms with Crippen LogP contribution in [0.4, 0.5) is 5.69 Å². The van der Waals surface area contributed by atoms with Crippen LogP contribution in [0.2, 0.25) is 0 Å². The summed E-state index contributed by atoms with van der Waals surface area (Å²) < 4.78 is 0. The fraction of sp³-hybridized carbons (Fsp3) is 0.571. The summed E-state index contributed by atoms with van der Waals surface area (Å²) in [5.74, 6) is 0.811. The molecular formula is C14H23N. The van der Waals surface area contributed by atoms with Crippen molar-refractivity contribution in [3.8, 4) is 0 Å². The van der Waals surface area contributed by atoms with E-state index in [1.807, 2.05) is 0 Å². The van der Waals surface area contributed by atoms with E-state index in [9.17, 15) is 0 Å². The number of hydrogen-bond donors (Lipinski definition) is 1. The Morgan fingerprint density at radius 2 is 1.93 bits per heavy atom. The Labute approximate surface area is 93.9 Å². The van der Waals surface area contributed by atoms with Gasteiger partial charge in [-0.05, 0) is 44.2 Å². The van der Waals surface area contributed by atoms with E-state index in [0.29, 0.717) is 0 Å². The molecule has 1 N–H and O–H groups in total. The summed E-state index contributed by atoms with van der Waals surface area (Å²) in [7, 11) is 0. The normalized spacial score (nSPS) is 10.7. The predicted octanol–water partition coefficient (Wildman–Crippen LogP) is 4.15. The van der Waals surface area contributed by atoms with E-state index < -0.39 is 0 Å². The molecule has 0 aliphatic rings. The van der Waals surface area contributed by atoms with Gasteiger partial charge in [0, 0.05) is 12.2 Å². The molecule has 0 bridgehead atoms. The van der Waals surface area contributed by atoms with Gasteiger partial charge in [-0.1, -0.05) is 31.5 Å². The van der Waals surface area contributed by atoms with Crippen molar-refractivity contribution in [3.63, 3.8) is 0 Å². The molecule has 0 saturated carbocycles. The summed E-state index contributed by atoms with van der Waals surface area (Å²) in [6, 6.07) is 6.57. The predicted molar refractivity (Wildman–Crippen MR) is 68.5 cm³/mol. The molecule has 0 unspecified atom stereocenters. The molecule has 0 fully saturated rings. The van der Waals surface area contributed by atoms with Gasteiger partial charge in [-0.25, -0.2) is 0 Å². The molecule has 84 valence electrons. The van der Waals surface area contributed by atoms with E-state index in [1.54, 1.807) is 0 Å². The first-order chi connectivity index (χ1) is 7.09. The summed E-state index contributed by atoms with van der Waals surface area (Å²) >= 11 is 0. The fourth-order valence-corrected chi connectivity index (χ4v) is 1.75. The van der Waals surface area contributed by atoms with Gasteiger partial charge in [0.1, 0.15) is 0 Å². The van der Waals surface area contributed by atoms with E-state index in [2.05, 4.69) is 51.2 Å². The van der Waals surface area contributed by atoms with Crippen molar-refractivity contribution >= 4 is 5.69 Å². The van der Waals surface area contributed by atoms with Crippen LogP contribution in [0.1, 0.15) is 37.8 Å². The maximum Gasteiger partial charge on any atom is 0.0370 e. The maximum atomic E-state index is 3.50. The minimum absolute atomic E-state index is 0.811. The summed E-state index contributed by atoms with van der Waals surface area (Å²) in [4.78, 5) is 0. The highest BCUT2D eigenvalue weighted by molar-refractivity contribution is 5.51. The Bertz CT molecular complexity index is 302. The van der Waals surface area contributed by atoms with Gasteiger partial charge >= 0.3 is 0 Å². The van der Waals surface area contributed by atoms with Crippen LogP contribution >= 0.6 is 0 Å². The largest absolute Gasteiger partial charge is 0.385 e. The number of nitrogens with one attached hydrogen (secondary N) is 1. The number of aryl methyl sites for hydroxylation is 2. The summed E-state index contributed by atoms with van der Waals surface area (Å²) in [5.41, 5.74) is 3.96. The van der Waals surface area contributed by atoms with E-state index in [0.717, 1.165) is 12.5 Å². The molecule has 0 saturated heterocycles. The quantitative estimate of drug-likeness (QED) is 0.712. The third-order valence-electron chi connectivity index (χ3n) is 2.66. The molecule has 1 nitrogen and oxygen atoms in total. The van der Waals surface area contributed by atoms with Crippen LogP contribution in [-0.2, 0) is 0 Å². The molecule has 0 aliphatic carbocycles. The fourth-order valence-electron chi connectivity index (χ4n) is 1.75. The second kappa shape index (κ2) is 5.79. The van der Waals surface area contributed by atoms with E-state index in [4.69, 9.17) is 0 Å². The number of rotatable bonds is 5. The molecular weight excluding hydrogens is 182 g/mol. The lowest BCUT2D eigenvalue weighted by atomic mass is 10.1. The zero-order valence-electron chi connectivity index (χ0n) is 10.4. The Morgan fingerprint density at radius 1 is 1.20 bits per heavy atom. The van der Waals surface area contributed by atoms with Gasteiger partial charge in [0.2, 0.25) is 0 Å². The third-order valence-corrected chi connectivity index (χ3v) is 2.66. The SMILES string of the molecule is Cc1ccc(NCCCC(C)C)c(C)c1. The van der Waals surface area contributed by atoms with Crippen LogP contribution in [-0.4, -0.2) is 6.54 Å². The number of anilines is 1. The first-order valence-electron chi connectivity index (χ1n) is 5.90. The van der Waals surface area contributed by atoms with Crippen molar-refractivity contribution in [1.82, 2.24) is 0 Å². The monoisotopic (exact) mass is 205 g/mol. The standard InChI is InChI=1S/C14H23N/c1-11(2)6-5-9-15-14-8-7-12(3)10-13(14)4/h7-8,10-11,15H,5-6,9H2,1-4H3. The molecule has 1 aromatic rings. The lowest BCUT2D eigenvalue weighted by Gasteiger charge is -2.10. The molecule has 1 rings (SSSR count). The minimum atomic E-state index is 0.811. The van der Waals surface area contributed by atoms with Crippen molar-refractivity contribution in [1.29, 1.82) is 0 Å². The molecule has 0 spiro atoms. The van der Waals surface area contributed by atoms with E-state index in [-0.39, 0.29) is 0 Å². The van der Waals surface area contributed by atoms with Gasteiger partial charge in [-0.2, -0.15) is 0 Å². The lowest BCUT2D eigenvalue weighted by Crippen LogP contribution is -2.04. The zero-order chi connectivity index (χ0) is 11.3. The van der Waals surface area contributed by atoms with Crippen LogP contribution in [0.3, 0.4) is 0 Å². The van der Waals surface area contributed by atoms with Gasteiger partial charge in [0.25, 0.3) is 0 Å². The molecule has 0 heterocycles. The van der Waals surface area contributed by atoms with Crippen molar-refractivity contribution in [2.45, 2.75) is 40.5 Å². The highest BCUT2D eigenvalue weighted by Gasteiger charge is 1.98. The zero-order valence-corrected chi connectivity index (χ0v) is 10.4. The highest BCUT2D eigenvalue weighted by atomic mass is 14.9. The molecule has 0 atom stereocenters. The first-order valence-corrected chi connectivity index (χ1v) is 5.90. The molecule has 0 radical (unpaired) electrons. The number of hydrogen-bond acceptors (Lipinski definition) is 1. The first kappa shape index (κ1) is 12.1. The summed E-state index contributed by atoms with van der Waals surface area (Å²) in [6.07, 6.45) is 2.56. The second-order valence-corrected chi connectivity index (χ2v) is 4.78. The van der Waals surface area contributed by atoms with Crippen LogP contribution < -0.4 is 5.32 Å². The van der Waals surface area contributed by atoms with E-state index in [1.165, 1.54) is 29.7 Å². The maximum absolute atomic E-state index is 3.50. The van der Waals surface area contributed by atoms with Gasteiger partial charge in [-0.3, -0.25) is 0 Å². The summed E-state index contributed by atoms with van der Waals surface area (Å²) in [5, 5.41) is 3.50. The average Bonchev–Trinajstić information content (AvgIpc) is 2.14. The van der Waals surface area contributed by atoms with Crippen LogP contribution in [0.15, 0.2) is 18.2 Å². The minimum Gasteiger partial charge on any atom is -0.385 e. The Balaban J connectivity index is 2.37. The Morgan fingerprint density at radius 3 is 2.53 bits per heavy atom. The van der Waals surface area contributed by atoms with Gasteiger partial charge in [-0.15, -0.1) is 0 Å². The number of benzene rings is 1. The topological polar surface area (TPSA) is 12.0 Å². The Hall–Kier alpha value is -0.980. The molecule has 1 heteroatoms. The Kier molecular flexibility index (Phi) is 4.67. The van der Waals surface area contributed by atoms with Crippen LogP contribution in [0, 0.1) is 19.8 Å². The van der Waals surface area contributed by atoms with Crippen molar-refractivity contribution in [3.05, 3.63) is 29.3 Å². The molecule has 15 heavy (non-hydrogen) atoms. The van der Waals surface area contributed by atoms with Gasteiger partial charge < -0.3 is 5.32 Å².